The zero-order chi connectivity index (χ0) is 13.8. The molecule has 4 nitrogen and oxygen atoms in total. The average molecular weight is 261 g/mol. The summed E-state index contributed by atoms with van der Waals surface area (Å²) in [6, 6.07) is 1.28. The third kappa shape index (κ3) is 3.99. The van der Waals surface area contributed by atoms with Gasteiger partial charge in [-0.3, -0.25) is 4.79 Å². The number of amides is 1. The first-order valence-electron chi connectivity index (χ1n) is 5.44. The van der Waals surface area contributed by atoms with Crippen LogP contribution < -0.4 is 11.1 Å². The van der Waals surface area contributed by atoms with E-state index in [4.69, 9.17) is 5.73 Å². The normalized spacial score (nSPS) is 13.2. The lowest BCUT2D eigenvalue weighted by molar-refractivity contribution is -0.141. The van der Waals surface area contributed by atoms with Gasteiger partial charge in [0.15, 0.2) is 0 Å². The van der Waals surface area contributed by atoms with Crippen molar-refractivity contribution in [3.8, 4) is 0 Å². The highest BCUT2D eigenvalue weighted by molar-refractivity contribution is 5.94. The van der Waals surface area contributed by atoms with Crippen LogP contribution in [0, 0.1) is 0 Å². The minimum atomic E-state index is -4.48. The number of nitrogens with two attached hydrogens (primary N) is 1. The highest BCUT2D eigenvalue weighted by atomic mass is 19.4. The Balaban J connectivity index is 2.67. The number of hydrogen-bond donors (Lipinski definition) is 2. The zero-order valence-corrected chi connectivity index (χ0v) is 9.79. The molecule has 100 valence electrons. The quantitative estimate of drug-likeness (QED) is 0.872. The number of hydrogen-bond acceptors (Lipinski definition) is 3. The van der Waals surface area contributed by atoms with Gasteiger partial charge in [-0.15, -0.1) is 0 Å². The fourth-order valence-corrected chi connectivity index (χ4v) is 1.31. The van der Waals surface area contributed by atoms with Gasteiger partial charge in [0.2, 0.25) is 5.91 Å². The molecule has 1 aromatic rings. The Morgan fingerprint density at radius 1 is 1.50 bits per heavy atom. The van der Waals surface area contributed by atoms with Crippen molar-refractivity contribution in [2.24, 2.45) is 5.73 Å². The summed E-state index contributed by atoms with van der Waals surface area (Å²) in [7, 11) is 0. The van der Waals surface area contributed by atoms with Crippen molar-refractivity contribution in [1.29, 1.82) is 0 Å². The predicted molar refractivity (Wildman–Crippen MR) is 60.8 cm³/mol. The van der Waals surface area contributed by atoms with E-state index in [1.807, 2.05) is 6.92 Å². The Labute approximate surface area is 102 Å². The van der Waals surface area contributed by atoms with E-state index in [1.165, 1.54) is 0 Å². The van der Waals surface area contributed by atoms with E-state index in [0.29, 0.717) is 6.42 Å². The van der Waals surface area contributed by atoms with Crippen LogP contribution in [0.5, 0.6) is 0 Å². The minimum Gasteiger partial charge on any atom is -0.323 e. The Hall–Kier alpha value is -1.63. The summed E-state index contributed by atoms with van der Waals surface area (Å²) < 4.78 is 36.7. The van der Waals surface area contributed by atoms with Gasteiger partial charge in [0.05, 0.1) is 17.9 Å². The predicted octanol–water partition coefficient (Wildman–Crippen LogP) is 2.17. The lowest BCUT2D eigenvalue weighted by atomic mass is 10.1. The summed E-state index contributed by atoms with van der Waals surface area (Å²) in [5.74, 6) is -0.432. The van der Waals surface area contributed by atoms with E-state index in [-0.39, 0.29) is 5.69 Å². The molecule has 0 aliphatic heterocycles. The van der Waals surface area contributed by atoms with Crippen LogP contribution >= 0.6 is 0 Å². The molecule has 0 fully saturated rings. The highest BCUT2D eigenvalue weighted by Crippen LogP contribution is 2.27. The van der Waals surface area contributed by atoms with Gasteiger partial charge in [0.1, 0.15) is 5.69 Å². The molecule has 1 aromatic heterocycles. The summed E-state index contributed by atoms with van der Waals surface area (Å²) in [6.45, 7) is 1.88. The molecule has 18 heavy (non-hydrogen) atoms. The number of anilines is 1. The second-order valence-corrected chi connectivity index (χ2v) is 3.81. The SMILES string of the molecule is CCCC(N)C(=O)Nc1ccc(C(F)(F)F)nc1. The highest BCUT2D eigenvalue weighted by Gasteiger charge is 2.32. The number of alkyl halides is 3. The molecule has 1 atom stereocenters. The molecule has 3 N–H and O–H groups in total. The van der Waals surface area contributed by atoms with Crippen LogP contribution in [0.3, 0.4) is 0 Å². The number of aromatic nitrogens is 1. The first-order chi connectivity index (χ1) is 8.34. The number of carbonyl (C=O) groups is 1. The summed E-state index contributed by atoms with van der Waals surface area (Å²) in [4.78, 5) is 14.7. The Bertz CT molecular complexity index is 403. The third-order valence-electron chi connectivity index (χ3n) is 2.26. The molecule has 1 amide bonds. The number of pyridine rings is 1. The zero-order valence-electron chi connectivity index (χ0n) is 9.79. The summed E-state index contributed by atoms with van der Waals surface area (Å²) >= 11 is 0. The van der Waals surface area contributed by atoms with Crippen molar-refractivity contribution in [2.75, 3.05) is 5.32 Å². The molecule has 0 spiro atoms. The van der Waals surface area contributed by atoms with Crippen LogP contribution in [0.15, 0.2) is 18.3 Å². The summed E-state index contributed by atoms with van der Waals surface area (Å²) in [5.41, 5.74) is 4.75. The van der Waals surface area contributed by atoms with Crippen LogP contribution in [0.4, 0.5) is 18.9 Å². The number of nitrogens with zero attached hydrogens (tertiary/aromatic N) is 1. The van der Waals surface area contributed by atoms with Gasteiger partial charge in [-0.1, -0.05) is 13.3 Å². The molecule has 0 aliphatic rings. The van der Waals surface area contributed by atoms with E-state index >= 15 is 0 Å². The lowest BCUT2D eigenvalue weighted by Crippen LogP contribution is -2.35. The van der Waals surface area contributed by atoms with Crippen LogP contribution in [-0.4, -0.2) is 16.9 Å². The Morgan fingerprint density at radius 3 is 2.61 bits per heavy atom. The van der Waals surface area contributed by atoms with Crippen molar-refractivity contribution in [1.82, 2.24) is 4.98 Å². The summed E-state index contributed by atoms with van der Waals surface area (Å²) in [5, 5.41) is 2.41. The van der Waals surface area contributed by atoms with Crippen molar-refractivity contribution < 1.29 is 18.0 Å². The average Bonchev–Trinajstić information content (AvgIpc) is 2.28. The Kier molecular flexibility index (Phi) is 4.66. The van der Waals surface area contributed by atoms with Gasteiger partial charge in [-0.2, -0.15) is 13.2 Å². The molecule has 0 aliphatic carbocycles. The number of nitrogens with one attached hydrogen (secondary N) is 1. The van der Waals surface area contributed by atoms with E-state index in [1.54, 1.807) is 0 Å². The third-order valence-corrected chi connectivity index (χ3v) is 2.26. The molecule has 1 unspecified atom stereocenters. The van der Waals surface area contributed by atoms with Crippen LogP contribution in [0.1, 0.15) is 25.5 Å². The van der Waals surface area contributed by atoms with Crippen molar-refractivity contribution in [2.45, 2.75) is 32.0 Å². The van der Waals surface area contributed by atoms with Gasteiger partial charge in [-0.05, 0) is 18.6 Å². The van der Waals surface area contributed by atoms with Gasteiger partial charge in [0.25, 0.3) is 0 Å². The second kappa shape index (κ2) is 5.81. The lowest BCUT2D eigenvalue weighted by Gasteiger charge is -2.11. The molecule has 7 heteroatoms. The van der Waals surface area contributed by atoms with Crippen LogP contribution in [0.25, 0.3) is 0 Å². The maximum atomic E-state index is 12.2. The van der Waals surface area contributed by atoms with E-state index in [2.05, 4.69) is 10.3 Å². The number of rotatable bonds is 4. The standard InChI is InChI=1S/C11H14F3N3O/c1-2-3-8(15)10(18)17-7-4-5-9(16-6-7)11(12,13)14/h4-6,8H,2-3,15H2,1H3,(H,17,18). The molecule has 0 radical (unpaired) electrons. The monoisotopic (exact) mass is 261 g/mol. The van der Waals surface area contributed by atoms with Gasteiger partial charge in [0, 0.05) is 0 Å². The fraction of sp³-hybridized carbons (Fsp3) is 0.455. The Morgan fingerprint density at radius 2 is 2.17 bits per heavy atom. The maximum absolute atomic E-state index is 12.2. The molecular formula is C11H14F3N3O. The topological polar surface area (TPSA) is 68.0 Å². The number of halogens is 3. The molecule has 0 saturated heterocycles. The molecule has 0 bridgehead atoms. The molecular weight excluding hydrogens is 247 g/mol. The minimum absolute atomic E-state index is 0.194. The van der Waals surface area contributed by atoms with Crippen molar-refractivity contribution >= 4 is 11.6 Å². The van der Waals surface area contributed by atoms with Crippen LogP contribution in [0.2, 0.25) is 0 Å². The maximum Gasteiger partial charge on any atom is 0.433 e. The second-order valence-electron chi connectivity index (χ2n) is 3.81. The largest absolute Gasteiger partial charge is 0.433 e. The first-order valence-corrected chi connectivity index (χ1v) is 5.44. The van der Waals surface area contributed by atoms with Gasteiger partial charge in [-0.25, -0.2) is 4.98 Å². The van der Waals surface area contributed by atoms with E-state index in [9.17, 15) is 18.0 Å². The van der Waals surface area contributed by atoms with Crippen molar-refractivity contribution in [3.63, 3.8) is 0 Å². The van der Waals surface area contributed by atoms with Gasteiger partial charge < -0.3 is 11.1 Å². The first kappa shape index (κ1) is 14.4. The molecule has 1 heterocycles. The fourth-order valence-electron chi connectivity index (χ4n) is 1.31. The van der Waals surface area contributed by atoms with Crippen molar-refractivity contribution in [3.05, 3.63) is 24.0 Å². The van der Waals surface area contributed by atoms with E-state index < -0.39 is 23.8 Å². The van der Waals surface area contributed by atoms with Crippen LogP contribution in [-0.2, 0) is 11.0 Å². The van der Waals surface area contributed by atoms with Gasteiger partial charge >= 0.3 is 6.18 Å². The number of carbonyl (C=O) groups excluding carboxylic acids is 1. The smallest absolute Gasteiger partial charge is 0.323 e. The summed E-state index contributed by atoms with van der Waals surface area (Å²) in [6.07, 6.45) is -2.26. The van der Waals surface area contributed by atoms with E-state index in [0.717, 1.165) is 24.8 Å². The molecule has 1 rings (SSSR count). The molecule has 0 aromatic carbocycles. The molecule has 0 saturated carbocycles.